The zero-order chi connectivity index (χ0) is 15.0. The maximum Gasteiger partial charge on any atom is 0.401 e. The average molecular weight is 295 g/mol. The molecule has 0 aromatic heterocycles. The van der Waals surface area contributed by atoms with Crippen molar-refractivity contribution < 1.29 is 18.0 Å². The number of carbonyl (C=O) groups is 1. The lowest BCUT2D eigenvalue weighted by Crippen LogP contribution is -2.39. The largest absolute Gasteiger partial charge is 0.401 e. The number of nitrogens with zero attached hydrogens (tertiary/aromatic N) is 1. The van der Waals surface area contributed by atoms with E-state index in [0.717, 1.165) is 32.0 Å². The number of hydrogen-bond acceptors (Lipinski definition) is 3. The minimum absolute atomic E-state index is 0.291. The molecule has 1 aliphatic heterocycles. The fourth-order valence-electron chi connectivity index (χ4n) is 2.20. The van der Waals surface area contributed by atoms with Gasteiger partial charge in [-0.2, -0.15) is 13.2 Å². The molecule has 0 radical (unpaired) electrons. The number of amides is 1. The second-order valence-corrected chi connectivity index (χ2v) is 5.45. The highest BCUT2D eigenvalue weighted by Crippen LogP contribution is 2.15. The SMILES string of the molecule is CC1CCN(CCCNC(=O)CNCC(F)(F)F)CC1. The Labute approximate surface area is 118 Å². The molecule has 0 spiro atoms. The zero-order valence-corrected chi connectivity index (χ0v) is 11.9. The third kappa shape index (κ3) is 8.37. The molecule has 0 aromatic carbocycles. The third-order valence-corrected chi connectivity index (χ3v) is 3.46. The molecule has 4 nitrogen and oxygen atoms in total. The predicted octanol–water partition coefficient (Wildman–Crippen LogP) is 1.38. The molecule has 118 valence electrons. The van der Waals surface area contributed by atoms with Crippen LogP contribution in [0.5, 0.6) is 0 Å². The van der Waals surface area contributed by atoms with Crippen molar-refractivity contribution in [2.45, 2.75) is 32.4 Å². The molecule has 1 fully saturated rings. The number of carbonyl (C=O) groups excluding carboxylic acids is 1. The van der Waals surface area contributed by atoms with Crippen LogP contribution in [0.3, 0.4) is 0 Å². The van der Waals surface area contributed by atoms with Gasteiger partial charge in [0.25, 0.3) is 0 Å². The molecule has 0 aliphatic carbocycles. The van der Waals surface area contributed by atoms with Crippen LogP contribution < -0.4 is 10.6 Å². The van der Waals surface area contributed by atoms with Crippen molar-refractivity contribution in [3.8, 4) is 0 Å². The van der Waals surface area contributed by atoms with Gasteiger partial charge in [-0.3, -0.25) is 4.79 Å². The van der Waals surface area contributed by atoms with Crippen molar-refractivity contribution in [1.29, 1.82) is 0 Å². The lowest BCUT2D eigenvalue weighted by Gasteiger charge is -2.30. The van der Waals surface area contributed by atoms with Gasteiger partial charge in [0.15, 0.2) is 0 Å². The summed E-state index contributed by atoms with van der Waals surface area (Å²) in [7, 11) is 0. The van der Waals surface area contributed by atoms with Gasteiger partial charge >= 0.3 is 6.18 Å². The summed E-state index contributed by atoms with van der Waals surface area (Å²) < 4.78 is 35.5. The van der Waals surface area contributed by atoms with Gasteiger partial charge in [-0.1, -0.05) is 6.92 Å². The molecule has 0 bridgehead atoms. The highest BCUT2D eigenvalue weighted by Gasteiger charge is 2.26. The second kappa shape index (κ2) is 8.46. The molecule has 1 saturated heterocycles. The number of rotatable bonds is 7. The van der Waals surface area contributed by atoms with Crippen LogP contribution in [0.2, 0.25) is 0 Å². The molecule has 2 N–H and O–H groups in total. The van der Waals surface area contributed by atoms with Gasteiger partial charge in [-0.25, -0.2) is 0 Å². The van der Waals surface area contributed by atoms with E-state index in [1.165, 1.54) is 12.8 Å². The van der Waals surface area contributed by atoms with Crippen LogP contribution in [0.15, 0.2) is 0 Å². The van der Waals surface area contributed by atoms with Gasteiger partial charge in [-0.15, -0.1) is 0 Å². The van der Waals surface area contributed by atoms with Gasteiger partial charge in [0, 0.05) is 6.54 Å². The van der Waals surface area contributed by atoms with Gasteiger partial charge in [-0.05, 0) is 44.8 Å². The quantitative estimate of drug-likeness (QED) is 0.697. The topological polar surface area (TPSA) is 44.4 Å². The van der Waals surface area contributed by atoms with Crippen molar-refractivity contribution in [3.63, 3.8) is 0 Å². The Bertz CT molecular complexity index is 289. The van der Waals surface area contributed by atoms with E-state index in [0.29, 0.717) is 6.54 Å². The number of likely N-dealkylation sites (tertiary alicyclic amines) is 1. The molecule has 20 heavy (non-hydrogen) atoms. The number of halogens is 3. The molecular formula is C13H24F3N3O. The van der Waals surface area contributed by atoms with Crippen LogP contribution in [-0.4, -0.2) is 56.3 Å². The highest BCUT2D eigenvalue weighted by atomic mass is 19.4. The van der Waals surface area contributed by atoms with E-state index in [-0.39, 0.29) is 12.5 Å². The van der Waals surface area contributed by atoms with E-state index < -0.39 is 12.7 Å². The summed E-state index contributed by atoms with van der Waals surface area (Å²) in [6.45, 7) is 4.48. The monoisotopic (exact) mass is 295 g/mol. The maximum atomic E-state index is 11.8. The van der Waals surface area contributed by atoms with Crippen LogP contribution in [0.1, 0.15) is 26.2 Å². The molecule has 0 aromatic rings. The third-order valence-electron chi connectivity index (χ3n) is 3.46. The first-order chi connectivity index (χ1) is 9.37. The second-order valence-electron chi connectivity index (χ2n) is 5.45. The number of piperidine rings is 1. The van der Waals surface area contributed by atoms with E-state index >= 15 is 0 Å². The summed E-state index contributed by atoms with van der Waals surface area (Å²) in [5.74, 6) is 0.409. The summed E-state index contributed by atoms with van der Waals surface area (Å²) >= 11 is 0. The normalized spacial score (nSPS) is 18.2. The molecule has 7 heteroatoms. The lowest BCUT2D eigenvalue weighted by atomic mass is 9.99. The van der Waals surface area contributed by atoms with E-state index in [4.69, 9.17) is 0 Å². The molecular weight excluding hydrogens is 271 g/mol. The van der Waals surface area contributed by atoms with Crippen LogP contribution >= 0.6 is 0 Å². The molecule has 0 unspecified atom stereocenters. The molecule has 1 heterocycles. The van der Waals surface area contributed by atoms with E-state index in [1.54, 1.807) is 0 Å². The Morgan fingerprint density at radius 2 is 1.95 bits per heavy atom. The van der Waals surface area contributed by atoms with Crippen molar-refractivity contribution >= 4 is 5.91 Å². The fraction of sp³-hybridized carbons (Fsp3) is 0.923. The molecule has 1 rings (SSSR count). The fourth-order valence-corrected chi connectivity index (χ4v) is 2.20. The molecule has 1 amide bonds. The Hall–Kier alpha value is -0.820. The summed E-state index contributed by atoms with van der Waals surface area (Å²) in [6.07, 6.45) is -1.01. The summed E-state index contributed by atoms with van der Waals surface area (Å²) in [5.41, 5.74) is 0. The Balaban J connectivity index is 1.96. The number of alkyl halides is 3. The lowest BCUT2D eigenvalue weighted by molar-refractivity contribution is -0.128. The van der Waals surface area contributed by atoms with Crippen LogP contribution in [-0.2, 0) is 4.79 Å². The molecule has 0 atom stereocenters. The Morgan fingerprint density at radius 3 is 2.55 bits per heavy atom. The van der Waals surface area contributed by atoms with Gasteiger partial charge in [0.2, 0.25) is 5.91 Å². The van der Waals surface area contributed by atoms with Gasteiger partial charge in [0.05, 0.1) is 13.1 Å². The number of nitrogens with one attached hydrogen (secondary N) is 2. The smallest absolute Gasteiger partial charge is 0.355 e. The van der Waals surface area contributed by atoms with E-state index in [1.807, 2.05) is 0 Å². The standard InChI is InChI=1S/C13H24F3N3O/c1-11-3-7-19(8-4-11)6-2-5-18-12(20)9-17-10-13(14,15)16/h11,17H,2-10H2,1H3,(H,18,20). The molecule has 0 saturated carbocycles. The van der Waals surface area contributed by atoms with E-state index in [2.05, 4.69) is 22.5 Å². The van der Waals surface area contributed by atoms with Gasteiger partial charge < -0.3 is 15.5 Å². The zero-order valence-electron chi connectivity index (χ0n) is 11.9. The van der Waals surface area contributed by atoms with Crippen LogP contribution in [0, 0.1) is 5.92 Å². The first-order valence-electron chi connectivity index (χ1n) is 7.13. The van der Waals surface area contributed by atoms with Crippen molar-refractivity contribution in [3.05, 3.63) is 0 Å². The first kappa shape index (κ1) is 17.2. The van der Waals surface area contributed by atoms with Crippen molar-refractivity contribution in [2.75, 3.05) is 39.3 Å². The van der Waals surface area contributed by atoms with Crippen molar-refractivity contribution in [1.82, 2.24) is 15.5 Å². The Kier molecular flexibility index (Phi) is 7.29. The summed E-state index contributed by atoms with van der Waals surface area (Å²) in [5, 5.41) is 4.69. The van der Waals surface area contributed by atoms with Crippen LogP contribution in [0.25, 0.3) is 0 Å². The van der Waals surface area contributed by atoms with Crippen molar-refractivity contribution in [2.24, 2.45) is 5.92 Å². The van der Waals surface area contributed by atoms with E-state index in [9.17, 15) is 18.0 Å². The summed E-state index contributed by atoms with van der Waals surface area (Å²) in [6, 6.07) is 0. The summed E-state index contributed by atoms with van der Waals surface area (Å²) in [4.78, 5) is 13.6. The predicted molar refractivity (Wildman–Crippen MR) is 71.4 cm³/mol. The average Bonchev–Trinajstić information content (AvgIpc) is 2.35. The maximum absolute atomic E-state index is 11.8. The van der Waals surface area contributed by atoms with Gasteiger partial charge in [0.1, 0.15) is 0 Å². The minimum atomic E-state index is -4.27. The number of hydrogen-bond donors (Lipinski definition) is 2. The molecule has 1 aliphatic rings. The minimum Gasteiger partial charge on any atom is -0.355 e. The first-order valence-corrected chi connectivity index (χ1v) is 7.13. The van der Waals surface area contributed by atoms with Crippen LogP contribution in [0.4, 0.5) is 13.2 Å². The Morgan fingerprint density at radius 1 is 1.30 bits per heavy atom. The highest BCUT2D eigenvalue weighted by molar-refractivity contribution is 5.77.